The van der Waals surface area contributed by atoms with Crippen molar-refractivity contribution < 1.29 is 0 Å². The topological polar surface area (TPSA) is 48.1 Å². The summed E-state index contributed by atoms with van der Waals surface area (Å²) in [7, 11) is 0. The molecular weight excluding hydrogens is 358 g/mol. The van der Waals surface area contributed by atoms with Crippen molar-refractivity contribution in [3.63, 3.8) is 0 Å². The first-order chi connectivity index (χ1) is 14.0. The first-order valence-electron chi connectivity index (χ1n) is 10.8. The summed E-state index contributed by atoms with van der Waals surface area (Å²) in [6.45, 7) is 9.59. The summed E-state index contributed by atoms with van der Waals surface area (Å²) in [6, 6.07) is 16.8. The van der Waals surface area contributed by atoms with Gasteiger partial charge in [0, 0.05) is 42.1 Å². The zero-order valence-corrected chi connectivity index (χ0v) is 17.7. The molecule has 4 heteroatoms. The number of benzene rings is 2. The minimum atomic E-state index is -0.0258. The van der Waals surface area contributed by atoms with Gasteiger partial charge in [-0.25, -0.2) is 0 Å². The van der Waals surface area contributed by atoms with Crippen LogP contribution in [0.5, 0.6) is 0 Å². The molecule has 4 nitrogen and oxygen atoms in total. The van der Waals surface area contributed by atoms with Crippen LogP contribution in [0.1, 0.15) is 38.3 Å². The summed E-state index contributed by atoms with van der Waals surface area (Å²) in [5.74, 6) is 1.48. The predicted molar refractivity (Wildman–Crippen MR) is 123 cm³/mol. The van der Waals surface area contributed by atoms with E-state index in [9.17, 15) is 4.79 Å². The zero-order chi connectivity index (χ0) is 20.4. The SMILES string of the molecule is CCc1ccc2[nH]c(=O)c(CNc3ccc(N4C[C@@H](C)C[C@H](C)C4)cc3)cc2c1. The maximum absolute atomic E-state index is 12.4. The highest BCUT2D eigenvalue weighted by Crippen LogP contribution is 2.27. The largest absolute Gasteiger partial charge is 0.381 e. The number of aryl methyl sites for hydroxylation is 1. The van der Waals surface area contributed by atoms with Crippen molar-refractivity contribution in [2.45, 2.75) is 40.2 Å². The number of anilines is 2. The summed E-state index contributed by atoms with van der Waals surface area (Å²) < 4.78 is 0. The Labute approximate surface area is 173 Å². The smallest absolute Gasteiger partial charge is 0.253 e. The molecule has 2 atom stereocenters. The van der Waals surface area contributed by atoms with Crippen LogP contribution in [0.3, 0.4) is 0 Å². The number of H-pyrrole nitrogens is 1. The van der Waals surface area contributed by atoms with Gasteiger partial charge in [-0.2, -0.15) is 0 Å². The van der Waals surface area contributed by atoms with Crippen LogP contribution in [-0.2, 0) is 13.0 Å². The average Bonchev–Trinajstić information content (AvgIpc) is 2.71. The van der Waals surface area contributed by atoms with Crippen LogP contribution in [-0.4, -0.2) is 18.1 Å². The number of pyridine rings is 1. The van der Waals surface area contributed by atoms with Crippen LogP contribution in [0.15, 0.2) is 53.3 Å². The van der Waals surface area contributed by atoms with Gasteiger partial charge in [-0.05, 0) is 78.1 Å². The Morgan fingerprint density at radius 2 is 1.76 bits per heavy atom. The number of aromatic amines is 1. The number of hydrogen-bond acceptors (Lipinski definition) is 3. The molecular formula is C25H31N3O. The molecule has 2 heterocycles. The van der Waals surface area contributed by atoms with Gasteiger partial charge in [0.2, 0.25) is 0 Å². The molecule has 3 aromatic rings. The van der Waals surface area contributed by atoms with E-state index in [0.29, 0.717) is 6.54 Å². The Balaban J connectivity index is 1.46. The highest BCUT2D eigenvalue weighted by Gasteiger charge is 2.21. The average molecular weight is 390 g/mol. The van der Waals surface area contributed by atoms with Crippen molar-refractivity contribution >= 4 is 22.3 Å². The van der Waals surface area contributed by atoms with Gasteiger partial charge in [0.25, 0.3) is 5.56 Å². The fraction of sp³-hybridized carbons (Fsp3) is 0.400. The second kappa shape index (κ2) is 8.32. The van der Waals surface area contributed by atoms with E-state index in [0.717, 1.165) is 53.5 Å². The van der Waals surface area contributed by atoms with E-state index in [2.05, 4.69) is 72.4 Å². The third-order valence-corrected chi connectivity index (χ3v) is 5.98. The van der Waals surface area contributed by atoms with Crippen LogP contribution < -0.4 is 15.8 Å². The molecule has 1 aliphatic rings. The molecule has 0 radical (unpaired) electrons. The lowest BCUT2D eigenvalue weighted by Crippen LogP contribution is -2.38. The van der Waals surface area contributed by atoms with Crippen LogP contribution >= 0.6 is 0 Å². The molecule has 0 saturated carbocycles. The van der Waals surface area contributed by atoms with Crippen molar-refractivity contribution in [3.8, 4) is 0 Å². The first-order valence-corrected chi connectivity index (χ1v) is 10.8. The van der Waals surface area contributed by atoms with E-state index >= 15 is 0 Å². The lowest BCUT2D eigenvalue weighted by atomic mass is 9.91. The first kappa shape index (κ1) is 19.6. The number of nitrogens with zero attached hydrogens (tertiary/aromatic N) is 1. The second-order valence-corrected chi connectivity index (χ2v) is 8.65. The van der Waals surface area contributed by atoms with Crippen molar-refractivity contribution in [1.29, 1.82) is 0 Å². The molecule has 0 spiro atoms. The van der Waals surface area contributed by atoms with Gasteiger partial charge >= 0.3 is 0 Å². The maximum atomic E-state index is 12.4. The summed E-state index contributed by atoms with van der Waals surface area (Å²) in [5.41, 5.74) is 5.22. The van der Waals surface area contributed by atoms with E-state index < -0.39 is 0 Å². The molecule has 4 rings (SSSR count). The van der Waals surface area contributed by atoms with Crippen LogP contribution in [0.4, 0.5) is 11.4 Å². The Morgan fingerprint density at radius 3 is 2.45 bits per heavy atom. The van der Waals surface area contributed by atoms with Gasteiger partial charge in [0.15, 0.2) is 0 Å². The van der Waals surface area contributed by atoms with E-state index in [1.165, 1.54) is 17.7 Å². The van der Waals surface area contributed by atoms with Gasteiger partial charge in [0.1, 0.15) is 0 Å². The molecule has 0 bridgehead atoms. The van der Waals surface area contributed by atoms with Crippen molar-refractivity contribution in [2.24, 2.45) is 11.8 Å². The van der Waals surface area contributed by atoms with E-state index in [-0.39, 0.29) is 5.56 Å². The molecule has 1 saturated heterocycles. The fourth-order valence-corrected chi connectivity index (χ4v) is 4.51. The lowest BCUT2D eigenvalue weighted by Gasteiger charge is -2.36. The highest BCUT2D eigenvalue weighted by atomic mass is 16.1. The molecule has 2 aromatic carbocycles. The molecule has 1 aromatic heterocycles. The van der Waals surface area contributed by atoms with E-state index in [4.69, 9.17) is 0 Å². The number of rotatable bonds is 5. The molecule has 152 valence electrons. The quantitative estimate of drug-likeness (QED) is 0.632. The minimum Gasteiger partial charge on any atom is -0.381 e. The molecule has 2 N–H and O–H groups in total. The predicted octanol–water partition coefficient (Wildman–Crippen LogP) is 5.18. The van der Waals surface area contributed by atoms with E-state index in [1.54, 1.807) is 0 Å². The zero-order valence-electron chi connectivity index (χ0n) is 17.7. The van der Waals surface area contributed by atoms with Crippen LogP contribution in [0.25, 0.3) is 10.9 Å². The number of piperidine rings is 1. The highest BCUT2D eigenvalue weighted by molar-refractivity contribution is 5.79. The number of aromatic nitrogens is 1. The van der Waals surface area contributed by atoms with Crippen molar-refractivity contribution in [1.82, 2.24) is 4.98 Å². The third kappa shape index (κ3) is 4.47. The summed E-state index contributed by atoms with van der Waals surface area (Å²) in [6.07, 6.45) is 2.31. The molecule has 1 aliphatic heterocycles. The van der Waals surface area contributed by atoms with Gasteiger partial charge in [-0.3, -0.25) is 4.79 Å². The molecule has 0 amide bonds. The molecule has 0 aliphatic carbocycles. The Morgan fingerprint density at radius 1 is 1.03 bits per heavy atom. The third-order valence-electron chi connectivity index (χ3n) is 5.98. The van der Waals surface area contributed by atoms with Gasteiger partial charge in [-0.15, -0.1) is 0 Å². The normalized spacial score (nSPS) is 19.5. The summed E-state index contributed by atoms with van der Waals surface area (Å²) >= 11 is 0. The number of nitrogens with one attached hydrogen (secondary N) is 2. The Kier molecular flexibility index (Phi) is 5.61. The van der Waals surface area contributed by atoms with Gasteiger partial charge in [0.05, 0.1) is 0 Å². The lowest BCUT2D eigenvalue weighted by molar-refractivity contribution is 0.357. The van der Waals surface area contributed by atoms with E-state index in [1.807, 2.05) is 12.1 Å². The fourth-order valence-electron chi connectivity index (χ4n) is 4.51. The van der Waals surface area contributed by atoms with Gasteiger partial charge in [-0.1, -0.05) is 26.8 Å². The molecule has 29 heavy (non-hydrogen) atoms. The molecule has 0 unspecified atom stereocenters. The van der Waals surface area contributed by atoms with Crippen LogP contribution in [0.2, 0.25) is 0 Å². The minimum absolute atomic E-state index is 0.0258. The maximum Gasteiger partial charge on any atom is 0.253 e. The van der Waals surface area contributed by atoms with Crippen molar-refractivity contribution in [3.05, 3.63) is 70.0 Å². The number of fused-ring (bicyclic) bond motifs is 1. The standard InChI is InChI=1S/C25H31N3O/c1-4-19-5-10-24-20(12-19)13-21(25(29)27-24)14-26-22-6-8-23(9-7-22)28-15-17(2)11-18(3)16-28/h5-10,12-13,17-18,26H,4,11,14-16H2,1-3H3,(H,27,29)/t17-,18-/m0/s1. The summed E-state index contributed by atoms with van der Waals surface area (Å²) in [5, 5.41) is 4.49. The summed E-state index contributed by atoms with van der Waals surface area (Å²) in [4.78, 5) is 17.9. The Hall–Kier alpha value is -2.75. The number of hydrogen-bond donors (Lipinski definition) is 2. The van der Waals surface area contributed by atoms with Crippen LogP contribution in [0, 0.1) is 11.8 Å². The van der Waals surface area contributed by atoms with Gasteiger partial charge < -0.3 is 15.2 Å². The monoisotopic (exact) mass is 389 g/mol. The second-order valence-electron chi connectivity index (χ2n) is 8.65. The van der Waals surface area contributed by atoms with Crippen molar-refractivity contribution in [2.75, 3.05) is 23.3 Å². The molecule has 1 fully saturated rings. The Bertz CT molecular complexity index is 1030.